The van der Waals surface area contributed by atoms with Crippen LogP contribution in [0.5, 0.6) is 5.75 Å². The molecule has 2 rings (SSSR count). The van der Waals surface area contributed by atoms with Crippen molar-refractivity contribution >= 4 is 40.9 Å². The third kappa shape index (κ3) is 9.15. The van der Waals surface area contributed by atoms with Crippen molar-refractivity contribution in [1.29, 1.82) is 0 Å². The molecule has 0 heterocycles. The van der Waals surface area contributed by atoms with Crippen LogP contribution in [0.4, 0.5) is 0 Å². The molecule has 0 aliphatic heterocycles. The van der Waals surface area contributed by atoms with Crippen molar-refractivity contribution in [3.05, 3.63) is 66.2 Å². The Morgan fingerprint density at radius 2 is 1.70 bits per heavy atom. The van der Waals surface area contributed by atoms with E-state index in [4.69, 9.17) is 17.0 Å². The molecule has 30 heavy (non-hydrogen) atoms. The summed E-state index contributed by atoms with van der Waals surface area (Å²) in [6, 6.07) is 18.1. The molecule has 0 spiro atoms. The Labute approximate surface area is 186 Å². The normalized spacial score (nSPS) is 11.1. The van der Waals surface area contributed by atoms with Crippen LogP contribution in [-0.4, -0.2) is 41.6 Å². The lowest BCUT2D eigenvalue weighted by Gasteiger charge is -2.19. The molecular weight excluding hydrogens is 420 g/mol. The van der Waals surface area contributed by atoms with Crippen molar-refractivity contribution in [3.63, 3.8) is 0 Å². The smallest absolute Gasteiger partial charge is 0.260 e. The number of hydrogen-bond acceptors (Lipinski definition) is 5. The quantitative estimate of drug-likeness (QED) is 0.328. The monoisotopic (exact) mass is 446 g/mol. The molecule has 0 bridgehead atoms. The topological polar surface area (TPSA) is 91.5 Å². The number of amides is 2. The van der Waals surface area contributed by atoms with Gasteiger partial charge < -0.3 is 15.4 Å². The Morgan fingerprint density at radius 3 is 2.37 bits per heavy atom. The van der Waals surface area contributed by atoms with E-state index < -0.39 is 6.04 Å². The zero-order valence-electron chi connectivity index (χ0n) is 16.7. The number of carbonyl (C=O) groups excluding carboxylic acids is 2. The molecule has 1 atom stereocenters. The lowest BCUT2D eigenvalue weighted by atomic mass is 10.2. The fourth-order valence-corrected chi connectivity index (χ4v) is 3.03. The summed E-state index contributed by atoms with van der Waals surface area (Å²) in [7, 11) is 0. The molecule has 2 aromatic carbocycles. The van der Waals surface area contributed by atoms with E-state index in [-0.39, 0.29) is 23.5 Å². The summed E-state index contributed by atoms with van der Waals surface area (Å²) in [5.74, 6) is 0.564. The summed E-state index contributed by atoms with van der Waals surface area (Å²) in [5, 5.41) is 6.01. The summed E-state index contributed by atoms with van der Waals surface area (Å²) in [6.45, 7) is 0.365. The molecule has 0 aromatic heterocycles. The van der Waals surface area contributed by atoms with Gasteiger partial charge in [0.15, 0.2) is 11.7 Å². The molecule has 2 amide bonds. The summed E-state index contributed by atoms with van der Waals surface area (Å²) in [5.41, 5.74) is 6.29. The van der Waals surface area contributed by atoms with E-state index in [1.54, 1.807) is 23.9 Å². The largest absolute Gasteiger partial charge is 0.484 e. The van der Waals surface area contributed by atoms with Crippen molar-refractivity contribution in [3.8, 4) is 5.75 Å². The maximum absolute atomic E-state index is 12.5. The third-order valence-electron chi connectivity index (χ3n) is 3.97. The lowest BCUT2D eigenvalue weighted by molar-refractivity contribution is -0.130. The second-order valence-electron chi connectivity index (χ2n) is 6.29. The third-order valence-corrected chi connectivity index (χ3v) is 4.86. The van der Waals surface area contributed by atoms with Gasteiger partial charge in [0.1, 0.15) is 11.8 Å². The number of carbonyl (C=O) groups is 2. The Kier molecular flexibility index (Phi) is 10.5. The summed E-state index contributed by atoms with van der Waals surface area (Å²) < 4.78 is 5.43. The van der Waals surface area contributed by atoms with Crippen LogP contribution in [0.25, 0.3) is 0 Å². The second kappa shape index (κ2) is 13.4. The molecule has 4 N–H and O–H groups in total. The maximum Gasteiger partial charge on any atom is 0.260 e. The van der Waals surface area contributed by atoms with Gasteiger partial charge in [-0.3, -0.25) is 20.4 Å². The standard InChI is InChI=1S/C21H26N4O3S2/c1-30-13-12-18(23-19(26)15-28-17-10-6-3-7-11-17)20(27)24-25-21(29)22-14-16-8-4-2-5-9-16/h2-11,18H,12-15H2,1H3,(H,23,26)(H,24,27)(H2,22,25,29). The van der Waals surface area contributed by atoms with Crippen molar-refractivity contribution in [1.82, 2.24) is 21.5 Å². The molecule has 0 radical (unpaired) electrons. The highest BCUT2D eigenvalue weighted by Gasteiger charge is 2.20. The molecule has 0 saturated carbocycles. The minimum Gasteiger partial charge on any atom is -0.484 e. The Bertz CT molecular complexity index is 806. The Balaban J connectivity index is 1.77. The first-order valence-corrected chi connectivity index (χ1v) is 11.2. The molecule has 160 valence electrons. The van der Waals surface area contributed by atoms with E-state index in [9.17, 15) is 9.59 Å². The number of nitrogens with one attached hydrogen (secondary N) is 4. The minimum absolute atomic E-state index is 0.169. The van der Waals surface area contributed by atoms with Crippen LogP contribution in [0.2, 0.25) is 0 Å². The van der Waals surface area contributed by atoms with Gasteiger partial charge in [-0.15, -0.1) is 0 Å². The van der Waals surface area contributed by atoms with Crippen LogP contribution >= 0.6 is 24.0 Å². The second-order valence-corrected chi connectivity index (χ2v) is 7.68. The predicted octanol–water partition coefficient (Wildman–Crippen LogP) is 2.00. The number of para-hydroxylation sites is 1. The van der Waals surface area contributed by atoms with Gasteiger partial charge in [-0.05, 0) is 48.3 Å². The molecule has 0 fully saturated rings. The van der Waals surface area contributed by atoms with Gasteiger partial charge in [-0.1, -0.05) is 48.5 Å². The van der Waals surface area contributed by atoms with E-state index >= 15 is 0 Å². The van der Waals surface area contributed by atoms with E-state index in [0.29, 0.717) is 24.5 Å². The molecule has 2 aromatic rings. The van der Waals surface area contributed by atoms with Crippen LogP contribution in [0.1, 0.15) is 12.0 Å². The average Bonchev–Trinajstić information content (AvgIpc) is 2.78. The van der Waals surface area contributed by atoms with Crippen LogP contribution in [0.15, 0.2) is 60.7 Å². The van der Waals surface area contributed by atoms with Crippen LogP contribution in [0, 0.1) is 0 Å². The van der Waals surface area contributed by atoms with E-state index in [1.807, 2.05) is 54.8 Å². The number of benzene rings is 2. The zero-order chi connectivity index (χ0) is 21.6. The number of ether oxygens (including phenoxy) is 1. The summed E-state index contributed by atoms with van der Waals surface area (Å²) in [4.78, 5) is 24.7. The van der Waals surface area contributed by atoms with Gasteiger partial charge in [-0.2, -0.15) is 11.8 Å². The van der Waals surface area contributed by atoms with Gasteiger partial charge in [0.25, 0.3) is 11.8 Å². The first kappa shape index (κ1) is 23.5. The van der Waals surface area contributed by atoms with Gasteiger partial charge in [0.2, 0.25) is 0 Å². The highest BCUT2D eigenvalue weighted by atomic mass is 32.2. The molecule has 0 aliphatic carbocycles. The number of rotatable bonds is 10. The highest BCUT2D eigenvalue weighted by molar-refractivity contribution is 7.98. The molecular formula is C21H26N4O3S2. The molecule has 9 heteroatoms. The number of thiocarbonyl (C=S) groups is 1. The Hall–Kier alpha value is -2.78. The first-order chi connectivity index (χ1) is 14.6. The zero-order valence-corrected chi connectivity index (χ0v) is 18.4. The predicted molar refractivity (Wildman–Crippen MR) is 124 cm³/mol. The molecule has 1 unspecified atom stereocenters. The molecule has 0 saturated heterocycles. The number of thioether (sulfide) groups is 1. The van der Waals surface area contributed by atoms with E-state index in [1.165, 1.54) is 0 Å². The van der Waals surface area contributed by atoms with Crippen molar-refractivity contribution in [2.45, 2.75) is 19.0 Å². The van der Waals surface area contributed by atoms with E-state index in [0.717, 1.165) is 5.56 Å². The Morgan fingerprint density at radius 1 is 1.03 bits per heavy atom. The fraction of sp³-hybridized carbons (Fsp3) is 0.286. The first-order valence-electron chi connectivity index (χ1n) is 9.42. The van der Waals surface area contributed by atoms with Crippen molar-refractivity contribution in [2.24, 2.45) is 0 Å². The highest BCUT2D eigenvalue weighted by Crippen LogP contribution is 2.08. The van der Waals surface area contributed by atoms with Gasteiger partial charge in [0.05, 0.1) is 0 Å². The maximum atomic E-state index is 12.5. The lowest BCUT2D eigenvalue weighted by Crippen LogP contribution is -2.54. The van der Waals surface area contributed by atoms with Crippen LogP contribution in [0.3, 0.4) is 0 Å². The SMILES string of the molecule is CSCCC(NC(=O)COc1ccccc1)C(=O)NNC(=S)NCc1ccccc1. The average molecular weight is 447 g/mol. The van der Waals surface area contributed by atoms with Crippen LogP contribution < -0.4 is 26.2 Å². The summed E-state index contributed by atoms with van der Waals surface area (Å²) in [6.07, 6.45) is 2.42. The molecule has 0 aliphatic rings. The van der Waals surface area contributed by atoms with Crippen LogP contribution in [-0.2, 0) is 16.1 Å². The van der Waals surface area contributed by atoms with E-state index in [2.05, 4.69) is 21.5 Å². The van der Waals surface area contributed by atoms with Crippen molar-refractivity contribution in [2.75, 3.05) is 18.6 Å². The summed E-state index contributed by atoms with van der Waals surface area (Å²) >= 11 is 6.77. The minimum atomic E-state index is -0.700. The van der Waals surface area contributed by atoms with Gasteiger partial charge in [0, 0.05) is 6.54 Å². The number of hydrazine groups is 1. The van der Waals surface area contributed by atoms with Crippen molar-refractivity contribution < 1.29 is 14.3 Å². The molecule has 7 nitrogen and oxygen atoms in total. The fourth-order valence-electron chi connectivity index (χ4n) is 2.43. The number of hydrogen-bond donors (Lipinski definition) is 4. The van der Waals surface area contributed by atoms with Gasteiger partial charge >= 0.3 is 0 Å². The van der Waals surface area contributed by atoms with Gasteiger partial charge in [-0.25, -0.2) is 0 Å².